The molecule has 0 spiro atoms. The van der Waals surface area contributed by atoms with E-state index in [0.717, 1.165) is 19.5 Å². The molecule has 0 aliphatic heterocycles. The van der Waals surface area contributed by atoms with Crippen LogP contribution in [0.2, 0.25) is 0 Å². The minimum Gasteiger partial charge on any atom is -0.326 e. The van der Waals surface area contributed by atoms with Crippen molar-refractivity contribution in [3.8, 4) is 6.07 Å². The fourth-order valence-electron chi connectivity index (χ4n) is 2.52. The molecule has 3 atom stereocenters. The van der Waals surface area contributed by atoms with Crippen molar-refractivity contribution in [1.82, 2.24) is 4.90 Å². The van der Waals surface area contributed by atoms with Crippen LogP contribution in [0.15, 0.2) is 0 Å². The van der Waals surface area contributed by atoms with Crippen LogP contribution in [0, 0.1) is 22.7 Å². The summed E-state index contributed by atoms with van der Waals surface area (Å²) in [4.78, 5) is 2.36. The second kappa shape index (κ2) is 6.98. The molecule has 3 heteroatoms. The van der Waals surface area contributed by atoms with Crippen LogP contribution in [0.1, 0.15) is 48.0 Å². The van der Waals surface area contributed by atoms with Crippen LogP contribution in [0.3, 0.4) is 0 Å². The average Bonchev–Trinajstić information content (AvgIpc) is 2.25. The van der Waals surface area contributed by atoms with E-state index in [9.17, 15) is 0 Å². The molecule has 0 fully saturated rings. The van der Waals surface area contributed by atoms with Gasteiger partial charge in [-0.25, -0.2) is 0 Å². The molecule has 0 saturated carbocycles. The second-order valence-corrected chi connectivity index (χ2v) is 6.00. The van der Waals surface area contributed by atoms with Gasteiger partial charge in [0.25, 0.3) is 0 Å². The normalized spacial score (nSPS) is 17.6. The van der Waals surface area contributed by atoms with E-state index in [-0.39, 0.29) is 17.4 Å². The Balaban J connectivity index is 4.93. The lowest BCUT2D eigenvalue weighted by atomic mass is 9.80. The molecule has 0 aromatic carbocycles. The van der Waals surface area contributed by atoms with E-state index in [4.69, 9.17) is 11.0 Å². The lowest BCUT2D eigenvalue weighted by Crippen LogP contribution is -2.55. The Hall–Kier alpha value is -0.590. The minimum atomic E-state index is 0.0591. The number of hydrogen-bond acceptors (Lipinski definition) is 3. The fourth-order valence-corrected chi connectivity index (χ4v) is 2.52. The predicted octanol–water partition coefficient (Wildman–Crippen LogP) is 2.62. The number of nitriles is 1. The molecule has 0 aliphatic rings. The summed E-state index contributed by atoms with van der Waals surface area (Å²) in [5.41, 5.74) is 6.41. The van der Waals surface area contributed by atoms with Gasteiger partial charge in [0.05, 0.1) is 12.0 Å². The molecule has 0 amide bonds. The maximum absolute atomic E-state index is 8.95. The van der Waals surface area contributed by atoms with Crippen molar-refractivity contribution in [3.63, 3.8) is 0 Å². The van der Waals surface area contributed by atoms with Gasteiger partial charge in [0, 0.05) is 18.6 Å². The molecule has 100 valence electrons. The zero-order valence-corrected chi connectivity index (χ0v) is 12.3. The van der Waals surface area contributed by atoms with Crippen LogP contribution >= 0.6 is 0 Å². The van der Waals surface area contributed by atoms with Gasteiger partial charge in [-0.1, -0.05) is 34.6 Å². The van der Waals surface area contributed by atoms with Gasteiger partial charge in [-0.2, -0.15) is 5.26 Å². The van der Waals surface area contributed by atoms with Gasteiger partial charge >= 0.3 is 0 Å². The summed E-state index contributed by atoms with van der Waals surface area (Å²) in [5.74, 6) is 0.0591. The Labute approximate surface area is 107 Å². The molecule has 2 N–H and O–H groups in total. The Morgan fingerprint density at radius 2 is 1.82 bits per heavy atom. The Bertz CT molecular complexity index is 249. The van der Waals surface area contributed by atoms with E-state index < -0.39 is 0 Å². The van der Waals surface area contributed by atoms with E-state index in [1.807, 2.05) is 6.92 Å². The lowest BCUT2D eigenvalue weighted by Gasteiger charge is -2.43. The molecule has 0 aliphatic carbocycles. The summed E-state index contributed by atoms with van der Waals surface area (Å²) in [7, 11) is 0. The van der Waals surface area contributed by atoms with Crippen molar-refractivity contribution in [1.29, 1.82) is 5.26 Å². The third-order valence-electron chi connectivity index (χ3n) is 3.29. The van der Waals surface area contributed by atoms with Gasteiger partial charge in [-0.3, -0.25) is 4.90 Å². The highest BCUT2D eigenvalue weighted by atomic mass is 15.2. The van der Waals surface area contributed by atoms with Crippen molar-refractivity contribution in [2.45, 2.75) is 60.0 Å². The molecule has 17 heavy (non-hydrogen) atoms. The van der Waals surface area contributed by atoms with Gasteiger partial charge < -0.3 is 5.73 Å². The maximum atomic E-state index is 8.95. The minimum absolute atomic E-state index is 0.0591. The van der Waals surface area contributed by atoms with Gasteiger partial charge in [0.15, 0.2) is 0 Å². The first-order valence-corrected chi connectivity index (χ1v) is 6.67. The topological polar surface area (TPSA) is 53.0 Å². The highest BCUT2D eigenvalue weighted by Crippen LogP contribution is 2.28. The van der Waals surface area contributed by atoms with E-state index in [0.29, 0.717) is 6.04 Å². The number of likely N-dealkylation sites (N-methyl/N-ethyl adjacent to an activating group) is 1. The monoisotopic (exact) mass is 239 g/mol. The fraction of sp³-hybridized carbons (Fsp3) is 0.929. The quantitative estimate of drug-likeness (QED) is 0.775. The Kier molecular flexibility index (Phi) is 6.74. The zero-order chi connectivity index (χ0) is 13.6. The van der Waals surface area contributed by atoms with Crippen molar-refractivity contribution in [3.05, 3.63) is 0 Å². The van der Waals surface area contributed by atoms with Gasteiger partial charge in [0.2, 0.25) is 0 Å². The third kappa shape index (κ3) is 5.06. The maximum Gasteiger partial charge on any atom is 0.0666 e. The van der Waals surface area contributed by atoms with Crippen LogP contribution in [-0.2, 0) is 0 Å². The highest BCUT2D eigenvalue weighted by Gasteiger charge is 2.34. The van der Waals surface area contributed by atoms with Crippen molar-refractivity contribution < 1.29 is 0 Å². The van der Waals surface area contributed by atoms with Crippen LogP contribution in [0.5, 0.6) is 0 Å². The number of rotatable bonds is 6. The van der Waals surface area contributed by atoms with Gasteiger partial charge in [-0.15, -0.1) is 0 Å². The van der Waals surface area contributed by atoms with Crippen LogP contribution in [0.25, 0.3) is 0 Å². The highest BCUT2D eigenvalue weighted by molar-refractivity contribution is 4.93. The molecule has 0 heterocycles. The zero-order valence-electron chi connectivity index (χ0n) is 12.3. The molecule has 0 aromatic rings. The summed E-state index contributed by atoms with van der Waals surface area (Å²) in [5, 5.41) is 8.95. The molecule has 0 rings (SSSR count). The summed E-state index contributed by atoms with van der Waals surface area (Å²) >= 11 is 0. The smallest absolute Gasteiger partial charge is 0.0666 e. The predicted molar refractivity (Wildman–Crippen MR) is 73.5 cm³/mol. The summed E-state index contributed by atoms with van der Waals surface area (Å²) in [6, 6.07) is 2.81. The number of nitrogens with two attached hydrogens (primary N) is 1. The molecule has 0 radical (unpaired) electrons. The van der Waals surface area contributed by atoms with E-state index in [2.05, 4.69) is 45.6 Å². The first kappa shape index (κ1) is 16.4. The van der Waals surface area contributed by atoms with Crippen molar-refractivity contribution >= 4 is 0 Å². The first-order valence-electron chi connectivity index (χ1n) is 6.67. The second-order valence-electron chi connectivity index (χ2n) is 6.00. The van der Waals surface area contributed by atoms with E-state index in [1.54, 1.807) is 0 Å². The van der Waals surface area contributed by atoms with Gasteiger partial charge in [0.1, 0.15) is 0 Å². The number of nitrogens with zero attached hydrogens (tertiary/aromatic N) is 2. The molecule has 0 bridgehead atoms. The van der Waals surface area contributed by atoms with Crippen molar-refractivity contribution in [2.24, 2.45) is 17.1 Å². The largest absolute Gasteiger partial charge is 0.326 e. The Morgan fingerprint density at radius 1 is 1.29 bits per heavy atom. The van der Waals surface area contributed by atoms with Crippen molar-refractivity contribution in [2.75, 3.05) is 13.1 Å². The molecule has 3 unspecified atom stereocenters. The molecular weight excluding hydrogens is 210 g/mol. The lowest BCUT2D eigenvalue weighted by molar-refractivity contribution is 0.0743. The van der Waals surface area contributed by atoms with Crippen LogP contribution in [0.4, 0.5) is 0 Å². The SMILES string of the molecule is CCC(N)C(N(CC)CC(C)C#N)C(C)(C)C. The summed E-state index contributed by atoms with van der Waals surface area (Å²) in [6.07, 6.45) is 0.972. The summed E-state index contributed by atoms with van der Waals surface area (Å²) in [6.45, 7) is 14.7. The van der Waals surface area contributed by atoms with E-state index in [1.165, 1.54) is 0 Å². The average molecular weight is 239 g/mol. The standard InChI is InChI=1S/C14H29N3/c1-7-12(16)13(14(4,5)6)17(8-2)10-11(3)9-15/h11-13H,7-8,10,16H2,1-6H3. The van der Waals surface area contributed by atoms with E-state index >= 15 is 0 Å². The van der Waals surface area contributed by atoms with Crippen LogP contribution < -0.4 is 5.73 Å². The van der Waals surface area contributed by atoms with Crippen LogP contribution in [-0.4, -0.2) is 30.1 Å². The Morgan fingerprint density at radius 3 is 2.12 bits per heavy atom. The molecular formula is C14H29N3. The number of hydrogen-bond donors (Lipinski definition) is 1. The molecule has 0 saturated heterocycles. The molecule has 3 nitrogen and oxygen atoms in total. The first-order chi connectivity index (χ1) is 7.77. The molecule has 0 aromatic heterocycles. The summed E-state index contributed by atoms with van der Waals surface area (Å²) < 4.78 is 0. The third-order valence-corrected chi connectivity index (χ3v) is 3.29. The van der Waals surface area contributed by atoms with Gasteiger partial charge in [-0.05, 0) is 25.3 Å².